The molecular formula is C34H41N7O3. The first-order chi connectivity index (χ1) is 21.4. The van der Waals surface area contributed by atoms with E-state index in [1.807, 2.05) is 54.0 Å². The summed E-state index contributed by atoms with van der Waals surface area (Å²) in [5.41, 5.74) is 4.14. The highest BCUT2D eigenvalue weighted by Crippen LogP contribution is 2.35. The van der Waals surface area contributed by atoms with E-state index in [4.69, 9.17) is 14.7 Å². The molecule has 2 aromatic carbocycles. The number of carbonyl (C=O) groups excluding carboxylic acids is 1. The topological polar surface area (TPSA) is 105 Å². The lowest BCUT2D eigenvalue weighted by Gasteiger charge is -2.34. The van der Waals surface area contributed by atoms with Crippen molar-refractivity contribution in [3.8, 4) is 16.9 Å². The lowest BCUT2D eigenvalue weighted by Crippen LogP contribution is -2.44. The van der Waals surface area contributed by atoms with Crippen LogP contribution in [0, 0.1) is 0 Å². The first-order valence-electron chi connectivity index (χ1n) is 15.6. The zero-order chi connectivity index (χ0) is 30.6. The van der Waals surface area contributed by atoms with Crippen LogP contribution >= 0.6 is 0 Å². The van der Waals surface area contributed by atoms with E-state index in [9.17, 15) is 9.59 Å². The summed E-state index contributed by atoms with van der Waals surface area (Å²) >= 11 is 0. The van der Waals surface area contributed by atoms with Gasteiger partial charge in [0.25, 0.3) is 5.56 Å². The maximum atomic E-state index is 13.8. The Kier molecular flexibility index (Phi) is 8.79. The fraction of sp³-hybridized carbons (Fsp3) is 0.412. The zero-order valence-corrected chi connectivity index (χ0v) is 25.8. The van der Waals surface area contributed by atoms with Crippen LogP contribution in [0.5, 0.6) is 5.75 Å². The molecule has 0 spiro atoms. The maximum absolute atomic E-state index is 13.8. The van der Waals surface area contributed by atoms with Gasteiger partial charge in [0.2, 0.25) is 11.9 Å². The van der Waals surface area contributed by atoms with Gasteiger partial charge in [-0.3, -0.25) is 14.2 Å². The number of pyridine rings is 1. The van der Waals surface area contributed by atoms with Crippen LogP contribution in [0.2, 0.25) is 0 Å². The summed E-state index contributed by atoms with van der Waals surface area (Å²) in [7, 11) is 3.81. The summed E-state index contributed by atoms with van der Waals surface area (Å²) in [5, 5.41) is 7.30. The van der Waals surface area contributed by atoms with Gasteiger partial charge in [-0.2, -0.15) is 4.98 Å². The Morgan fingerprint density at radius 1 is 1.00 bits per heavy atom. The minimum Gasteiger partial charge on any atom is -0.494 e. The predicted octanol–water partition coefficient (Wildman–Crippen LogP) is 4.97. The monoisotopic (exact) mass is 595 g/mol. The highest BCUT2D eigenvalue weighted by atomic mass is 16.5. The fourth-order valence-electron chi connectivity index (χ4n) is 6.36. The Morgan fingerprint density at radius 3 is 2.45 bits per heavy atom. The molecule has 1 amide bonds. The summed E-state index contributed by atoms with van der Waals surface area (Å²) in [4.78, 5) is 40.1. The molecule has 6 rings (SSSR count). The van der Waals surface area contributed by atoms with Gasteiger partial charge in [-0.1, -0.05) is 37.3 Å². The number of nitrogens with zero attached hydrogens (tertiary/aromatic N) is 5. The van der Waals surface area contributed by atoms with Crippen molar-refractivity contribution in [3.05, 3.63) is 71.1 Å². The first-order valence-corrected chi connectivity index (χ1v) is 15.6. The lowest BCUT2D eigenvalue weighted by molar-refractivity contribution is -0.121. The van der Waals surface area contributed by atoms with Crippen LogP contribution in [0.25, 0.3) is 22.2 Å². The first kappa shape index (κ1) is 29.6. The number of carbonyl (C=O) groups is 1. The number of ether oxygens (including phenoxy) is 1. The molecule has 1 saturated heterocycles. The van der Waals surface area contributed by atoms with Crippen molar-refractivity contribution in [2.75, 3.05) is 50.6 Å². The van der Waals surface area contributed by atoms with Crippen LogP contribution in [-0.2, 0) is 4.79 Å². The third-order valence-electron chi connectivity index (χ3n) is 8.93. The number of nitrogens with one attached hydrogen (secondary N) is 2. The van der Waals surface area contributed by atoms with Gasteiger partial charge in [-0.25, -0.2) is 4.98 Å². The predicted molar refractivity (Wildman–Crippen MR) is 175 cm³/mol. The van der Waals surface area contributed by atoms with Gasteiger partial charge in [0.15, 0.2) is 0 Å². The Balaban J connectivity index is 1.35. The second-order valence-corrected chi connectivity index (χ2v) is 11.8. The SMILES string of the molecule is CCC(=O)NC1CCC(n2c(=O)cc(-c3ccccc3)c3cnc(Nc4ccc(N5CCN(C)CC5)cc4OC)nc32)CC1. The van der Waals surface area contributed by atoms with Gasteiger partial charge in [-0.05, 0) is 56.0 Å². The molecule has 0 atom stereocenters. The van der Waals surface area contributed by atoms with Gasteiger partial charge in [0, 0.05) is 74.1 Å². The van der Waals surface area contributed by atoms with Crippen LogP contribution in [0.4, 0.5) is 17.3 Å². The van der Waals surface area contributed by atoms with E-state index in [1.165, 1.54) is 0 Å². The molecule has 1 saturated carbocycles. The summed E-state index contributed by atoms with van der Waals surface area (Å²) in [6.07, 6.45) is 5.48. The van der Waals surface area contributed by atoms with Crippen molar-refractivity contribution >= 4 is 34.3 Å². The number of benzene rings is 2. The number of anilines is 3. The summed E-state index contributed by atoms with van der Waals surface area (Å²) < 4.78 is 7.61. The number of methoxy groups -OCH3 is 1. The van der Waals surface area contributed by atoms with Gasteiger partial charge in [0.1, 0.15) is 11.4 Å². The molecule has 1 aliphatic heterocycles. The highest BCUT2D eigenvalue weighted by molar-refractivity contribution is 5.93. The molecule has 230 valence electrons. The Morgan fingerprint density at radius 2 is 1.75 bits per heavy atom. The molecule has 10 heteroatoms. The average molecular weight is 596 g/mol. The maximum Gasteiger partial charge on any atom is 0.253 e. The van der Waals surface area contributed by atoms with Crippen LogP contribution in [0.15, 0.2) is 65.6 Å². The molecule has 0 radical (unpaired) electrons. The Bertz CT molecular complexity index is 1670. The second-order valence-electron chi connectivity index (χ2n) is 11.8. The lowest BCUT2D eigenvalue weighted by atomic mass is 9.90. The third kappa shape index (κ3) is 6.26. The molecule has 4 aromatic rings. The van der Waals surface area contributed by atoms with Gasteiger partial charge < -0.3 is 25.2 Å². The molecule has 0 unspecified atom stereocenters. The quantitative estimate of drug-likeness (QED) is 0.294. The molecule has 2 N–H and O–H groups in total. The molecule has 0 bridgehead atoms. The van der Waals surface area contributed by atoms with Crippen molar-refractivity contribution in [2.45, 2.75) is 51.1 Å². The molecule has 2 aromatic heterocycles. The van der Waals surface area contributed by atoms with Crippen molar-refractivity contribution in [1.82, 2.24) is 24.8 Å². The van der Waals surface area contributed by atoms with E-state index in [1.54, 1.807) is 19.4 Å². The van der Waals surface area contributed by atoms with Gasteiger partial charge >= 0.3 is 0 Å². The van der Waals surface area contributed by atoms with E-state index in [2.05, 4.69) is 33.5 Å². The molecule has 3 heterocycles. The molecule has 2 fully saturated rings. The smallest absolute Gasteiger partial charge is 0.253 e. The third-order valence-corrected chi connectivity index (χ3v) is 8.93. The number of piperazine rings is 1. The summed E-state index contributed by atoms with van der Waals surface area (Å²) in [5.74, 6) is 1.16. The summed E-state index contributed by atoms with van der Waals surface area (Å²) in [6.45, 7) is 5.84. The Hall–Kier alpha value is -4.44. The molecule has 44 heavy (non-hydrogen) atoms. The number of amides is 1. The van der Waals surface area contributed by atoms with Gasteiger partial charge in [-0.15, -0.1) is 0 Å². The minimum absolute atomic E-state index is 0.0234. The van der Waals surface area contributed by atoms with E-state index < -0.39 is 0 Å². The van der Waals surface area contributed by atoms with Crippen LogP contribution < -0.4 is 25.8 Å². The van der Waals surface area contributed by atoms with Crippen LogP contribution in [0.1, 0.15) is 45.1 Å². The number of rotatable bonds is 8. The van der Waals surface area contributed by atoms with E-state index in [0.717, 1.165) is 79.8 Å². The molecular weight excluding hydrogens is 554 g/mol. The fourth-order valence-corrected chi connectivity index (χ4v) is 6.36. The normalized spacial score (nSPS) is 19.1. The number of fused-ring (bicyclic) bond motifs is 1. The molecule has 10 nitrogen and oxygen atoms in total. The van der Waals surface area contributed by atoms with Crippen LogP contribution in [0.3, 0.4) is 0 Å². The average Bonchev–Trinajstić information content (AvgIpc) is 3.06. The summed E-state index contributed by atoms with van der Waals surface area (Å²) in [6, 6.07) is 17.9. The van der Waals surface area contributed by atoms with Crippen molar-refractivity contribution < 1.29 is 9.53 Å². The second kappa shape index (κ2) is 13.1. The van der Waals surface area contributed by atoms with Gasteiger partial charge in [0.05, 0.1) is 12.8 Å². The van der Waals surface area contributed by atoms with Crippen LogP contribution in [-0.4, -0.2) is 71.7 Å². The van der Waals surface area contributed by atoms with Crippen molar-refractivity contribution in [2.24, 2.45) is 0 Å². The standard InChI is InChI=1S/C34H41N7O3/c1-4-31(42)36-24-10-12-25(13-11-24)41-32(43)21-27(23-8-6-5-7-9-23)28-22-35-34(38-33(28)41)37-29-15-14-26(20-30(29)44-3)40-18-16-39(2)17-19-40/h5-9,14-15,20-22,24-25H,4,10-13,16-19H2,1-3H3,(H,36,42)(H,35,37,38). The number of aromatic nitrogens is 3. The highest BCUT2D eigenvalue weighted by Gasteiger charge is 2.26. The zero-order valence-electron chi connectivity index (χ0n) is 25.8. The Labute approximate surface area is 258 Å². The largest absolute Gasteiger partial charge is 0.494 e. The van der Waals surface area contributed by atoms with E-state index >= 15 is 0 Å². The van der Waals surface area contributed by atoms with E-state index in [0.29, 0.717) is 23.8 Å². The minimum atomic E-state index is -0.0869. The van der Waals surface area contributed by atoms with E-state index in [-0.39, 0.29) is 23.6 Å². The number of likely N-dealkylation sites (N-methyl/N-ethyl adjacent to an activating group) is 1. The van der Waals surface area contributed by atoms with Crippen molar-refractivity contribution in [3.63, 3.8) is 0 Å². The number of hydrogen-bond donors (Lipinski definition) is 2. The number of hydrogen-bond acceptors (Lipinski definition) is 8. The van der Waals surface area contributed by atoms with Crippen molar-refractivity contribution in [1.29, 1.82) is 0 Å². The molecule has 1 aliphatic carbocycles. The molecule has 2 aliphatic rings.